The van der Waals surface area contributed by atoms with Gasteiger partial charge in [-0.2, -0.15) is 20.2 Å². The monoisotopic (exact) mass is 690 g/mol. The molecule has 0 aliphatic carbocycles. The van der Waals surface area contributed by atoms with Crippen molar-refractivity contribution < 1.29 is 27.0 Å². The third-order valence-electron chi connectivity index (χ3n) is 8.02. The third-order valence-corrected chi connectivity index (χ3v) is 9.94. The van der Waals surface area contributed by atoms with E-state index >= 15 is 0 Å². The predicted molar refractivity (Wildman–Crippen MR) is 190 cm³/mol. The van der Waals surface area contributed by atoms with E-state index in [1.54, 1.807) is 54.7 Å². The number of aromatic nitrogens is 1. The number of nitrogens with zero attached hydrogens (tertiary/aromatic N) is 2. The molecule has 1 saturated heterocycles. The van der Waals surface area contributed by atoms with Gasteiger partial charge in [0.05, 0.1) is 17.1 Å². The van der Waals surface area contributed by atoms with Crippen LogP contribution in [0.1, 0.15) is 63.1 Å². The fraction of sp³-hybridized carbons (Fsp3) is 0.306. The van der Waals surface area contributed by atoms with E-state index in [9.17, 15) is 22.4 Å². The Morgan fingerprint density at radius 3 is 2.42 bits per heavy atom. The number of anilines is 2. The van der Waals surface area contributed by atoms with E-state index < -0.39 is 16.8 Å². The maximum Gasteiger partial charge on any atom is 0.264 e. The summed E-state index contributed by atoms with van der Waals surface area (Å²) in [6.45, 7) is 1.55. The number of carbonyl (C=O) groups excluding carboxylic acids is 2. The smallest absolute Gasteiger partial charge is 0.264 e. The van der Waals surface area contributed by atoms with Crippen LogP contribution in [0.15, 0.2) is 85.1 Å². The zero-order valence-electron chi connectivity index (χ0n) is 26.5. The summed E-state index contributed by atoms with van der Waals surface area (Å²) in [5, 5.41) is 5.96. The molecule has 2 heterocycles. The van der Waals surface area contributed by atoms with Crippen LogP contribution in [0.4, 0.5) is 15.8 Å². The largest absolute Gasteiger partial charge is 0.372 e. The van der Waals surface area contributed by atoms with E-state index in [1.807, 2.05) is 30.3 Å². The maximum absolute atomic E-state index is 13.5. The van der Waals surface area contributed by atoms with E-state index in [4.69, 9.17) is 4.55 Å². The highest BCUT2D eigenvalue weighted by atomic mass is 32.2. The molecule has 1 fully saturated rings. The number of hydrogen-bond donors (Lipinski definition) is 3. The number of hydrogen-bond acceptors (Lipinski definition) is 7. The highest BCUT2D eigenvalue weighted by Gasteiger charge is 2.18. The van der Waals surface area contributed by atoms with E-state index in [2.05, 4.69) is 20.5 Å². The molecule has 0 saturated carbocycles. The quantitative estimate of drug-likeness (QED) is 0.0963. The van der Waals surface area contributed by atoms with Crippen LogP contribution in [-0.4, -0.2) is 54.4 Å². The maximum atomic E-state index is 13.5. The van der Waals surface area contributed by atoms with Crippen LogP contribution in [0.3, 0.4) is 0 Å². The van der Waals surface area contributed by atoms with Crippen molar-refractivity contribution >= 4 is 45.1 Å². The van der Waals surface area contributed by atoms with Gasteiger partial charge in [-0.05, 0) is 90.6 Å². The number of amides is 2. The van der Waals surface area contributed by atoms with Crippen LogP contribution in [0, 0.1) is 0 Å². The lowest BCUT2D eigenvalue weighted by Gasteiger charge is -2.29. The lowest BCUT2D eigenvalue weighted by atomic mass is 10.0. The molecule has 5 rings (SSSR count). The van der Waals surface area contributed by atoms with Gasteiger partial charge in [0.1, 0.15) is 6.67 Å². The van der Waals surface area contributed by atoms with Gasteiger partial charge in [-0.3, -0.25) is 19.1 Å². The summed E-state index contributed by atoms with van der Waals surface area (Å²) in [7, 11) is -3.98. The zero-order chi connectivity index (χ0) is 33.9. The summed E-state index contributed by atoms with van der Waals surface area (Å²) in [6, 6.07) is 23.5. The van der Waals surface area contributed by atoms with Gasteiger partial charge in [-0.25, -0.2) is 4.39 Å². The van der Waals surface area contributed by atoms with Crippen molar-refractivity contribution in [3.05, 3.63) is 113 Å². The van der Waals surface area contributed by atoms with Gasteiger partial charge in [0.15, 0.2) is 0 Å². The molecule has 1 aromatic heterocycles. The van der Waals surface area contributed by atoms with Crippen LogP contribution < -0.4 is 15.5 Å². The normalized spacial score (nSPS) is 13.2. The number of carbonyl (C=O) groups is 2. The SMILES string of the molecule is O=C(NCc1cccc(CF)c1)c1ccnc(-c2cc(N3CCCCC3)ccc2NC(=O)c2cccc(CSCCCS(=O)(=O)O)c2)c1. The van der Waals surface area contributed by atoms with Crippen LogP contribution in [0.2, 0.25) is 0 Å². The second-order valence-corrected chi connectivity index (χ2v) is 14.4. The number of alkyl halides is 1. The fourth-order valence-corrected chi connectivity index (χ4v) is 7.16. The van der Waals surface area contributed by atoms with Gasteiger partial charge in [0, 0.05) is 54.0 Å². The first-order valence-electron chi connectivity index (χ1n) is 15.9. The molecule has 0 bridgehead atoms. The Balaban J connectivity index is 1.34. The standard InChI is InChI=1S/C36H39FN4O5S2/c37-23-26-7-4-8-27(19-26)24-39-35(42)30-13-14-38-34(21-30)32-22-31(41-15-2-1-3-16-41)11-12-33(32)40-36(43)29-10-5-9-28(20-29)25-47-17-6-18-48(44,45)46/h4-5,7-14,19-22H,1-3,6,15-18,23-25H2,(H,39,42)(H,40,43)(H,44,45,46). The number of piperidine rings is 1. The number of nitrogens with one attached hydrogen (secondary N) is 2. The molecule has 252 valence electrons. The molecular weight excluding hydrogens is 652 g/mol. The first kappa shape index (κ1) is 35.1. The molecule has 1 aliphatic heterocycles. The van der Waals surface area contributed by atoms with Crippen LogP contribution in [-0.2, 0) is 29.1 Å². The van der Waals surface area contributed by atoms with Crippen molar-refractivity contribution in [2.45, 2.75) is 44.7 Å². The number of benzene rings is 3. The average Bonchev–Trinajstić information content (AvgIpc) is 3.10. The Kier molecular flexibility index (Phi) is 12.2. The number of thioether (sulfide) groups is 1. The third kappa shape index (κ3) is 10.1. The van der Waals surface area contributed by atoms with Crippen LogP contribution in [0.5, 0.6) is 0 Å². The summed E-state index contributed by atoms with van der Waals surface area (Å²) in [6.07, 6.45) is 5.31. The molecule has 0 spiro atoms. The second kappa shape index (κ2) is 16.7. The highest BCUT2D eigenvalue weighted by molar-refractivity contribution is 7.98. The van der Waals surface area contributed by atoms with Gasteiger partial charge in [0.2, 0.25) is 0 Å². The average molecular weight is 691 g/mol. The Labute approximate surface area is 285 Å². The molecule has 4 aromatic rings. The minimum absolute atomic E-state index is 0.248. The predicted octanol–water partition coefficient (Wildman–Crippen LogP) is 6.90. The minimum atomic E-state index is -3.98. The molecule has 3 aromatic carbocycles. The van der Waals surface area contributed by atoms with E-state index in [0.717, 1.165) is 42.7 Å². The molecule has 2 amide bonds. The van der Waals surface area contributed by atoms with Gasteiger partial charge >= 0.3 is 0 Å². The van der Waals surface area contributed by atoms with E-state index in [0.29, 0.717) is 51.6 Å². The molecule has 0 radical (unpaired) electrons. The molecule has 12 heteroatoms. The van der Waals surface area contributed by atoms with Crippen molar-refractivity contribution in [3.8, 4) is 11.3 Å². The lowest BCUT2D eigenvalue weighted by Crippen LogP contribution is -2.29. The number of rotatable bonds is 14. The molecule has 9 nitrogen and oxygen atoms in total. The van der Waals surface area contributed by atoms with E-state index in [-0.39, 0.29) is 24.1 Å². The fourth-order valence-electron chi connectivity index (χ4n) is 5.56. The molecule has 0 atom stereocenters. The van der Waals surface area contributed by atoms with E-state index in [1.165, 1.54) is 18.2 Å². The summed E-state index contributed by atoms with van der Waals surface area (Å²) in [5.41, 5.74) is 5.92. The molecule has 0 unspecified atom stereocenters. The summed E-state index contributed by atoms with van der Waals surface area (Å²) < 4.78 is 43.9. The minimum Gasteiger partial charge on any atom is -0.372 e. The topological polar surface area (TPSA) is 129 Å². The Hall–Kier alpha value is -4.26. The van der Waals surface area contributed by atoms with Crippen molar-refractivity contribution in [1.82, 2.24) is 10.3 Å². The van der Waals surface area contributed by atoms with Crippen molar-refractivity contribution in [2.75, 3.05) is 34.8 Å². The first-order chi connectivity index (χ1) is 23.2. The summed E-state index contributed by atoms with van der Waals surface area (Å²) in [4.78, 5) is 33.6. The van der Waals surface area contributed by atoms with Crippen molar-refractivity contribution in [1.29, 1.82) is 0 Å². The van der Waals surface area contributed by atoms with Gasteiger partial charge in [-0.15, -0.1) is 0 Å². The van der Waals surface area contributed by atoms with Crippen LogP contribution >= 0.6 is 11.8 Å². The number of halogens is 1. The van der Waals surface area contributed by atoms with Crippen LogP contribution in [0.25, 0.3) is 11.3 Å². The second-order valence-electron chi connectivity index (χ2n) is 11.7. The Morgan fingerprint density at radius 1 is 0.875 bits per heavy atom. The molecule has 48 heavy (non-hydrogen) atoms. The number of pyridine rings is 1. The molecule has 3 N–H and O–H groups in total. The summed E-state index contributed by atoms with van der Waals surface area (Å²) in [5.74, 6) is 0.265. The van der Waals surface area contributed by atoms with Gasteiger partial charge < -0.3 is 15.5 Å². The first-order valence-corrected chi connectivity index (χ1v) is 18.7. The van der Waals surface area contributed by atoms with Gasteiger partial charge in [-0.1, -0.05) is 36.4 Å². The van der Waals surface area contributed by atoms with Crippen molar-refractivity contribution in [2.24, 2.45) is 0 Å². The van der Waals surface area contributed by atoms with Gasteiger partial charge in [0.25, 0.3) is 21.9 Å². The Bertz CT molecular complexity index is 1850. The molecular formula is C36H39FN4O5S2. The highest BCUT2D eigenvalue weighted by Crippen LogP contribution is 2.33. The Morgan fingerprint density at radius 2 is 1.62 bits per heavy atom. The zero-order valence-corrected chi connectivity index (χ0v) is 28.2. The summed E-state index contributed by atoms with van der Waals surface area (Å²) >= 11 is 1.53. The molecule has 1 aliphatic rings. The van der Waals surface area contributed by atoms with Crippen molar-refractivity contribution in [3.63, 3.8) is 0 Å². The lowest BCUT2D eigenvalue weighted by molar-refractivity contribution is 0.0950.